The maximum atomic E-state index is 13.8. The van der Waals surface area contributed by atoms with Gasteiger partial charge in [0.05, 0.1) is 7.11 Å². The fourth-order valence-electron chi connectivity index (χ4n) is 4.82. The van der Waals surface area contributed by atoms with Crippen molar-refractivity contribution < 1.29 is 19.0 Å². The van der Waals surface area contributed by atoms with Crippen LogP contribution in [0.3, 0.4) is 0 Å². The number of fused-ring (bicyclic) bond motifs is 1. The Labute approximate surface area is 203 Å². The van der Waals surface area contributed by atoms with E-state index < -0.39 is 5.79 Å². The maximum absolute atomic E-state index is 13.8. The largest absolute Gasteiger partial charge is 0.493 e. The molecule has 2 aromatic carbocycles. The minimum atomic E-state index is -0.793. The molecule has 1 saturated heterocycles. The highest BCUT2D eigenvalue weighted by molar-refractivity contribution is 5.96. The van der Waals surface area contributed by atoms with Gasteiger partial charge in [-0.05, 0) is 57.5 Å². The van der Waals surface area contributed by atoms with E-state index in [1.54, 1.807) is 19.2 Å². The first kappa shape index (κ1) is 24.1. The van der Waals surface area contributed by atoms with Crippen molar-refractivity contribution in [2.24, 2.45) is 0 Å². The molecule has 1 fully saturated rings. The van der Waals surface area contributed by atoms with Crippen LogP contribution in [0.4, 0.5) is 0 Å². The highest BCUT2D eigenvalue weighted by Gasteiger charge is 2.36. The highest BCUT2D eigenvalue weighted by Crippen LogP contribution is 2.46. The van der Waals surface area contributed by atoms with E-state index in [4.69, 9.17) is 14.2 Å². The third kappa shape index (κ3) is 5.55. The summed E-state index contributed by atoms with van der Waals surface area (Å²) in [6.45, 7) is 8.15. The number of ether oxygens (including phenoxy) is 3. The lowest BCUT2D eigenvalue weighted by Crippen LogP contribution is -2.37. The molecule has 0 saturated carbocycles. The number of nitrogens with zero attached hydrogens (tertiary/aromatic N) is 2. The van der Waals surface area contributed by atoms with Crippen molar-refractivity contribution in [3.05, 3.63) is 59.2 Å². The van der Waals surface area contributed by atoms with Crippen molar-refractivity contribution in [3.63, 3.8) is 0 Å². The third-order valence-electron chi connectivity index (χ3n) is 6.54. The maximum Gasteiger partial charge on any atom is 0.254 e. The molecule has 2 aliphatic rings. The number of rotatable bonds is 8. The van der Waals surface area contributed by atoms with Crippen molar-refractivity contribution in [2.75, 3.05) is 33.8 Å². The molecule has 6 heteroatoms. The lowest BCUT2D eigenvalue weighted by Gasteiger charge is -2.27. The first-order valence-electron chi connectivity index (χ1n) is 12.1. The number of carbonyl (C=O) groups is 1. The Hall–Kier alpha value is -2.99. The van der Waals surface area contributed by atoms with Gasteiger partial charge >= 0.3 is 0 Å². The Balaban J connectivity index is 1.59. The minimum absolute atomic E-state index is 0.0316. The van der Waals surface area contributed by atoms with Crippen LogP contribution in [0.5, 0.6) is 17.2 Å². The second kappa shape index (κ2) is 10.1. The molecule has 0 N–H and O–H groups in total. The quantitative estimate of drug-likeness (QED) is 0.535. The van der Waals surface area contributed by atoms with Crippen LogP contribution >= 0.6 is 0 Å². The Morgan fingerprint density at radius 3 is 2.68 bits per heavy atom. The minimum Gasteiger partial charge on any atom is -0.493 e. The second-order valence-corrected chi connectivity index (χ2v) is 9.80. The number of hydrogen-bond donors (Lipinski definition) is 0. The molecule has 0 radical (unpaired) electrons. The molecule has 6 nitrogen and oxygen atoms in total. The molecule has 4 rings (SSSR count). The Morgan fingerprint density at radius 2 is 2.00 bits per heavy atom. The normalized spacial score (nSPS) is 19.3. The molecule has 2 aliphatic heterocycles. The summed E-state index contributed by atoms with van der Waals surface area (Å²) in [6.07, 6.45) is 5.50. The number of carbonyl (C=O) groups excluding carboxylic acids is 1. The summed E-state index contributed by atoms with van der Waals surface area (Å²) in [5, 5.41) is 0. The molecule has 182 valence electrons. The van der Waals surface area contributed by atoms with E-state index in [1.807, 2.05) is 36.9 Å². The third-order valence-corrected chi connectivity index (χ3v) is 6.54. The average Bonchev–Trinajstić information content (AvgIpc) is 3.36. The zero-order valence-corrected chi connectivity index (χ0v) is 21.0. The molecule has 1 atom stereocenters. The molecular formula is C28H36N2O4. The molecule has 0 aromatic heterocycles. The van der Waals surface area contributed by atoms with Gasteiger partial charge in [0, 0.05) is 38.5 Å². The van der Waals surface area contributed by atoms with E-state index in [-0.39, 0.29) is 5.91 Å². The molecular weight excluding hydrogens is 428 g/mol. The summed E-state index contributed by atoms with van der Waals surface area (Å²) in [5.74, 6) is 0.774. The smallest absolute Gasteiger partial charge is 0.254 e. The predicted molar refractivity (Wildman–Crippen MR) is 135 cm³/mol. The molecule has 0 spiro atoms. The highest BCUT2D eigenvalue weighted by atomic mass is 16.7. The van der Waals surface area contributed by atoms with Gasteiger partial charge < -0.3 is 24.0 Å². The van der Waals surface area contributed by atoms with Gasteiger partial charge in [-0.25, -0.2) is 0 Å². The van der Waals surface area contributed by atoms with Crippen molar-refractivity contribution >= 4 is 12.0 Å². The number of amides is 1. The summed E-state index contributed by atoms with van der Waals surface area (Å²) in [7, 11) is 3.76. The molecule has 1 amide bonds. The van der Waals surface area contributed by atoms with Crippen molar-refractivity contribution in [3.8, 4) is 17.2 Å². The predicted octanol–water partition coefficient (Wildman–Crippen LogP) is 5.23. The van der Waals surface area contributed by atoms with E-state index in [0.717, 1.165) is 24.1 Å². The number of methoxy groups -OCH3 is 1. The van der Waals surface area contributed by atoms with Crippen LogP contribution in [0.1, 0.15) is 56.0 Å². The van der Waals surface area contributed by atoms with Crippen molar-refractivity contribution in [2.45, 2.75) is 51.9 Å². The van der Waals surface area contributed by atoms with Crippen molar-refractivity contribution in [1.29, 1.82) is 0 Å². The molecule has 2 aromatic rings. The van der Waals surface area contributed by atoms with Gasteiger partial charge in [-0.3, -0.25) is 4.79 Å². The van der Waals surface area contributed by atoms with Crippen molar-refractivity contribution in [1.82, 2.24) is 9.80 Å². The van der Waals surface area contributed by atoms with Gasteiger partial charge in [-0.2, -0.15) is 0 Å². The molecule has 0 bridgehead atoms. The zero-order chi connectivity index (χ0) is 24.3. The summed E-state index contributed by atoms with van der Waals surface area (Å²) in [4.78, 5) is 18.1. The van der Waals surface area contributed by atoms with Crippen LogP contribution in [0.15, 0.2) is 48.0 Å². The van der Waals surface area contributed by atoms with Gasteiger partial charge in [0.2, 0.25) is 11.5 Å². The van der Waals surface area contributed by atoms with Crippen LogP contribution in [-0.2, 0) is 0 Å². The molecule has 1 unspecified atom stereocenters. The first-order valence-corrected chi connectivity index (χ1v) is 12.1. The van der Waals surface area contributed by atoms with Gasteiger partial charge in [-0.15, -0.1) is 0 Å². The summed E-state index contributed by atoms with van der Waals surface area (Å²) in [6, 6.07) is 14.3. The zero-order valence-electron chi connectivity index (χ0n) is 21.0. The first-order chi connectivity index (χ1) is 16.3. The second-order valence-electron chi connectivity index (χ2n) is 9.80. The number of likely N-dealkylation sites (tertiary alicyclic amines) is 1. The summed E-state index contributed by atoms with van der Waals surface area (Å²) >= 11 is 0. The Kier molecular flexibility index (Phi) is 7.17. The number of hydrogen-bond acceptors (Lipinski definition) is 5. The monoisotopic (exact) mass is 464 g/mol. The van der Waals surface area contributed by atoms with Gasteiger partial charge in [0.25, 0.3) is 5.91 Å². The van der Waals surface area contributed by atoms with Crippen LogP contribution in [0.25, 0.3) is 6.08 Å². The molecule has 2 heterocycles. The van der Waals surface area contributed by atoms with E-state index >= 15 is 0 Å². The average molecular weight is 465 g/mol. The van der Waals surface area contributed by atoms with E-state index in [2.05, 4.69) is 37.1 Å². The van der Waals surface area contributed by atoms with Crippen LogP contribution in [-0.4, -0.2) is 61.3 Å². The van der Waals surface area contributed by atoms with Crippen LogP contribution in [0.2, 0.25) is 0 Å². The summed E-state index contributed by atoms with van der Waals surface area (Å²) < 4.78 is 17.4. The van der Waals surface area contributed by atoms with E-state index in [0.29, 0.717) is 41.9 Å². The topological polar surface area (TPSA) is 51.2 Å². The molecule has 0 aliphatic carbocycles. The number of benzene rings is 2. The van der Waals surface area contributed by atoms with E-state index in [1.165, 1.54) is 12.8 Å². The standard InChI is InChI=1S/C28H36N2O4/c1-20(16-21-10-7-6-8-11-21)19-30(15-13-23-12-9-14-29(23)4)27(31)22-17-24(32-5)26-25(18-22)33-28(2,3)34-26/h6-8,10-11,16-18,23H,9,12-15,19H2,1-5H3/b20-16+. The Morgan fingerprint density at radius 1 is 1.24 bits per heavy atom. The SMILES string of the molecule is COc1cc(C(=O)N(CCC2CCCN2C)C/C(C)=C/c2ccccc2)cc2c1OC(C)(C)O2. The lowest BCUT2D eigenvalue weighted by atomic mass is 10.1. The Bertz CT molecular complexity index is 1050. The van der Waals surface area contributed by atoms with Gasteiger partial charge in [-0.1, -0.05) is 42.0 Å². The van der Waals surface area contributed by atoms with E-state index in [9.17, 15) is 4.79 Å². The lowest BCUT2D eigenvalue weighted by molar-refractivity contribution is -0.0439. The molecule has 34 heavy (non-hydrogen) atoms. The fraction of sp³-hybridized carbons (Fsp3) is 0.464. The van der Waals surface area contributed by atoms with Crippen LogP contribution < -0.4 is 14.2 Å². The summed E-state index contributed by atoms with van der Waals surface area (Å²) in [5.41, 5.74) is 2.81. The fourth-order valence-corrected chi connectivity index (χ4v) is 4.82. The van der Waals surface area contributed by atoms with Gasteiger partial charge in [0.1, 0.15) is 0 Å². The van der Waals surface area contributed by atoms with Gasteiger partial charge in [0.15, 0.2) is 11.5 Å². The van der Waals surface area contributed by atoms with Crippen LogP contribution in [0, 0.1) is 0 Å².